The number of hydrogen-bond acceptors (Lipinski definition) is 3. The normalized spacial score (nSPS) is 10.4. The van der Waals surface area contributed by atoms with Crippen LogP contribution in [0.2, 0.25) is 0 Å². The molecule has 0 aliphatic carbocycles. The first kappa shape index (κ1) is 10.6. The largest absolute Gasteiger partial charge is 0.298 e. The van der Waals surface area contributed by atoms with Crippen molar-refractivity contribution in [1.82, 2.24) is 9.97 Å². The summed E-state index contributed by atoms with van der Waals surface area (Å²) in [5.41, 5.74) is 3.67. The molecule has 18 heavy (non-hydrogen) atoms. The van der Waals surface area contributed by atoms with Gasteiger partial charge in [-0.1, -0.05) is 0 Å². The van der Waals surface area contributed by atoms with Crippen LogP contribution in [0.4, 0.5) is 0 Å². The van der Waals surface area contributed by atoms with E-state index >= 15 is 0 Å². The molecule has 1 aromatic carbocycles. The molecule has 0 bridgehead atoms. The summed E-state index contributed by atoms with van der Waals surface area (Å²) in [5.74, 6) is 0. The van der Waals surface area contributed by atoms with Gasteiger partial charge in [0.05, 0.1) is 5.52 Å². The number of fused-ring (bicyclic) bond motifs is 1. The molecule has 86 valence electrons. The molecule has 0 unspecified atom stereocenters. The lowest BCUT2D eigenvalue weighted by Gasteiger charge is -2.06. The van der Waals surface area contributed by atoms with Crippen molar-refractivity contribution in [2.24, 2.45) is 0 Å². The van der Waals surface area contributed by atoms with Gasteiger partial charge in [-0.05, 0) is 47.5 Å². The zero-order valence-corrected chi connectivity index (χ0v) is 9.58. The van der Waals surface area contributed by atoms with Crippen molar-refractivity contribution in [3.05, 3.63) is 60.6 Å². The first-order chi connectivity index (χ1) is 8.88. The molecule has 0 amide bonds. The van der Waals surface area contributed by atoms with Gasteiger partial charge in [0.1, 0.15) is 6.29 Å². The smallest absolute Gasteiger partial charge is 0.150 e. The Hall–Kier alpha value is -2.55. The second-order valence-electron chi connectivity index (χ2n) is 3.99. The standard InChI is InChI=1S/C15H10N2O/c18-10-11-1-2-15-14(9-11)13(5-8-17-15)12-3-6-16-7-4-12/h1-10H. The van der Waals surface area contributed by atoms with Gasteiger partial charge in [-0.2, -0.15) is 0 Å². The minimum Gasteiger partial charge on any atom is -0.298 e. The van der Waals surface area contributed by atoms with E-state index < -0.39 is 0 Å². The van der Waals surface area contributed by atoms with Gasteiger partial charge in [0.15, 0.2) is 0 Å². The zero-order chi connectivity index (χ0) is 12.4. The van der Waals surface area contributed by atoms with Crippen LogP contribution in [-0.4, -0.2) is 16.3 Å². The summed E-state index contributed by atoms with van der Waals surface area (Å²) in [6.45, 7) is 0. The fourth-order valence-corrected chi connectivity index (χ4v) is 2.02. The third-order valence-electron chi connectivity index (χ3n) is 2.89. The highest BCUT2D eigenvalue weighted by atomic mass is 16.1. The average molecular weight is 234 g/mol. The molecular formula is C15H10N2O. The van der Waals surface area contributed by atoms with E-state index in [-0.39, 0.29) is 0 Å². The molecule has 0 aliphatic rings. The molecule has 2 heterocycles. The molecule has 3 nitrogen and oxygen atoms in total. The van der Waals surface area contributed by atoms with E-state index in [1.54, 1.807) is 24.7 Å². The van der Waals surface area contributed by atoms with Crippen molar-refractivity contribution in [2.45, 2.75) is 0 Å². The quantitative estimate of drug-likeness (QED) is 0.640. The number of pyridine rings is 2. The number of aromatic nitrogens is 2. The summed E-state index contributed by atoms with van der Waals surface area (Å²) in [4.78, 5) is 19.2. The van der Waals surface area contributed by atoms with E-state index in [2.05, 4.69) is 9.97 Å². The Morgan fingerprint density at radius 3 is 2.56 bits per heavy atom. The number of carbonyl (C=O) groups is 1. The molecule has 3 aromatic rings. The molecule has 0 saturated heterocycles. The lowest BCUT2D eigenvalue weighted by atomic mass is 10.0. The number of hydrogen-bond donors (Lipinski definition) is 0. The van der Waals surface area contributed by atoms with E-state index in [1.807, 2.05) is 30.3 Å². The molecule has 0 saturated carbocycles. The van der Waals surface area contributed by atoms with E-state index in [1.165, 1.54) is 0 Å². The third kappa shape index (κ3) is 1.76. The van der Waals surface area contributed by atoms with E-state index in [9.17, 15) is 4.79 Å². The Bertz CT molecular complexity index is 708. The summed E-state index contributed by atoms with van der Waals surface area (Å²) in [5, 5.41) is 0.980. The molecule has 2 aromatic heterocycles. The Morgan fingerprint density at radius 2 is 1.78 bits per heavy atom. The zero-order valence-electron chi connectivity index (χ0n) is 9.58. The van der Waals surface area contributed by atoms with Gasteiger partial charge in [0, 0.05) is 29.5 Å². The number of benzene rings is 1. The summed E-state index contributed by atoms with van der Waals surface area (Å²) in [6, 6.07) is 11.4. The van der Waals surface area contributed by atoms with Crippen LogP contribution >= 0.6 is 0 Å². The van der Waals surface area contributed by atoms with Crippen molar-refractivity contribution in [3.8, 4) is 11.1 Å². The van der Waals surface area contributed by atoms with Gasteiger partial charge < -0.3 is 0 Å². The van der Waals surface area contributed by atoms with Gasteiger partial charge in [0.2, 0.25) is 0 Å². The van der Waals surface area contributed by atoms with Gasteiger partial charge in [-0.3, -0.25) is 14.8 Å². The van der Waals surface area contributed by atoms with Crippen molar-refractivity contribution in [3.63, 3.8) is 0 Å². The highest BCUT2D eigenvalue weighted by Crippen LogP contribution is 2.27. The number of aldehydes is 1. The van der Waals surface area contributed by atoms with Crippen LogP contribution in [0, 0.1) is 0 Å². The highest BCUT2D eigenvalue weighted by molar-refractivity contribution is 5.97. The second-order valence-corrected chi connectivity index (χ2v) is 3.99. The van der Waals surface area contributed by atoms with Crippen LogP contribution < -0.4 is 0 Å². The van der Waals surface area contributed by atoms with Gasteiger partial charge in [0.25, 0.3) is 0 Å². The number of rotatable bonds is 2. The predicted octanol–water partition coefficient (Wildman–Crippen LogP) is 3.11. The SMILES string of the molecule is O=Cc1ccc2nccc(-c3ccncc3)c2c1. The fraction of sp³-hybridized carbons (Fsp3) is 0. The Balaban J connectivity index is 2.32. The molecule has 0 N–H and O–H groups in total. The summed E-state index contributed by atoms with van der Waals surface area (Å²) >= 11 is 0. The monoisotopic (exact) mass is 234 g/mol. The maximum Gasteiger partial charge on any atom is 0.150 e. The molecular weight excluding hydrogens is 224 g/mol. The highest BCUT2D eigenvalue weighted by Gasteiger charge is 2.05. The molecule has 3 heteroatoms. The molecule has 0 radical (unpaired) electrons. The number of carbonyl (C=O) groups excluding carboxylic acids is 1. The van der Waals surface area contributed by atoms with E-state index in [0.717, 1.165) is 28.3 Å². The second kappa shape index (κ2) is 4.37. The lowest BCUT2D eigenvalue weighted by molar-refractivity contribution is 0.112. The molecule has 0 spiro atoms. The Kier molecular flexibility index (Phi) is 2.57. The average Bonchev–Trinajstić information content (AvgIpc) is 2.47. The molecule has 0 aliphatic heterocycles. The first-order valence-corrected chi connectivity index (χ1v) is 5.63. The van der Waals surface area contributed by atoms with Crippen molar-refractivity contribution < 1.29 is 4.79 Å². The van der Waals surface area contributed by atoms with E-state index in [4.69, 9.17) is 0 Å². The summed E-state index contributed by atoms with van der Waals surface area (Å²) in [6.07, 6.45) is 6.14. The van der Waals surface area contributed by atoms with Gasteiger partial charge >= 0.3 is 0 Å². The maximum absolute atomic E-state index is 10.9. The first-order valence-electron chi connectivity index (χ1n) is 5.63. The lowest BCUT2D eigenvalue weighted by Crippen LogP contribution is -1.87. The minimum absolute atomic E-state index is 0.658. The van der Waals surface area contributed by atoms with Crippen LogP contribution in [0.3, 0.4) is 0 Å². The van der Waals surface area contributed by atoms with Gasteiger partial charge in [-0.15, -0.1) is 0 Å². The van der Waals surface area contributed by atoms with Crippen molar-refractivity contribution >= 4 is 17.2 Å². The summed E-state index contributed by atoms with van der Waals surface area (Å²) in [7, 11) is 0. The topological polar surface area (TPSA) is 42.9 Å². The fourth-order valence-electron chi connectivity index (χ4n) is 2.02. The molecule has 0 fully saturated rings. The number of nitrogens with zero attached hydrogens (tertiary/aromatic N) is 2. The van der Waals surface area contributed by atoms with Crippen LogP contribution in [-0.2, 0) is 0 Å². The Morgan fingerprint density at radius 1 is 0.944 bits per heavy atom. The third-order valence-corrected chi connectivity index (χ3v) is 2.89. The van der Waals surface area contributed by atoms with E-state index in [0.29, 0.717) is 5.56 Å². The Labute approximate surface area is 104 Å². The molecule has 3 rings (SSSR count). The maximum atomic E-state index is 10.9. The van der Waals surface area contributed by atoms with Crippen LogP contribution in [0.25, 0.3) is 22.0 Å². The van der Waals surface area contributed by atoms with Crippen molar-refractivity contribution in [1.29, 1.82) is 0 Å². The predicted molar refractivity (Wildman–Crippen MR) is 70.4 cm³/mol. The molecule has 0 atom stereocenters. The van der Waals surface area contributed by atoms with Crippen LogP contribution in [0.1, 0.15) is 10.4 Å². The minimum atomic E-state index is 0.658. The summed E-state index contributed by atoms with van der Waals surface area (Å²) < 4.78 is 0. The van der Waals surface area contributed by atoms with Crippen molar-refractivity contribution in [2.75, 3.05) is 0 Å². The van der Waals surface area contributed by atoms with Gasteiger partial charge in [-0.25, -0.2) is 0 Å². The van der Waals surface area contributed by atoms with Crippen LogP contribution in [0.5, 0.6) is 0 Å². The van der Waals surface area contributed by atoms with Crippen LogP contribution in [0.15, 0.2) is 55.0 Å².